The lowest BCUT2D eigenvalue weighted by Crippen LogP contribution is -2.56. The van der Waals surface area contributed by atoms with Gasteiger partial charge in [-0.15, -0.1) is 0 Å². The molecule has 0 saturated carbocycles. The average molecular weight is 449 g/mol. The fourth-order valence-corrected chi connectivity index (χ4v) is 5.07. The minimum Gasteiger partial charge on any atom is -0.357 e. The third kappa shape index (κ3) is 6.32. The molecule has 4 rings (SSSR count). The molecule has 1 aromatic heterocycles. The van der Waals surface area contributed by atoms with E-state index in [1.165, 1.54) is 31.4 Å². The smallest absolute Gasteiger partial charge is 0.252 e. The van der Waals surface area contributed by atoms with Gasteiger partial charge >= 0.3 is 0 Å². The number of aliphatic imine (C=N–C) groups is 1. The van der Waals surface area contributed by atoms with Crippen molar-refractivity contribution in [1.29, 1.82) is 0 Å². The van der Waals surface area contributed by atoms with Crippen LogP contribution in [0.3, 0.4) is 0 Å². The quantitative estimate of drug-likeness (QED) is 0.387. The van der Waals surface area contributed by atoms with Gasteiger partial charge in [0.15, 0.2) is 5.96 Å². The standard InChI is InChI=1S/C26H36N6O/c1-2-28-26(30-15-14-29-25(33)22-10-6-13-27-18-22)32-17-12-24-23(20-32)11-7-16-31(24)19-21-8-4-3-5-9-21/h3-6,8-10,13,18,23-24H,2,7,11-12,14-17,19-20H2,1H3,(H,28,30)(H,29,33). The van der Waals surface area contributed by atoms with Crippen molar-refractivity contribution in [3.8, 4) is 0 Å². The van der Waals surface area contributed by atoms with E-state index in [-0.39, 0.29) is 5.91 Å². The lowest BCUT2D eigenvalue weighted by Gasteiger charge is -2.48. The summed E-state index contributed by atoms with van der Waals surface area (Å²) in [6.07, 6.45) is 6.96. The fourth-order valence-electron chi connectivity index (χ4n) is 5.07. The van der Waals surface area contributed by atoms with Crippen molar-refractivity contribution in [2.75, 3.05) is 39.3 Å². The molecule has 176 valence electrons. The van der Waals surface area contributed by atoms with Gasteiger partial charge in [0.25, 0.3) is 5.91 Å². The van der Waals surface area contributed by atoms with Crippen molar-refractivity contribution in [2.45, 2.75) is 38.8 Å². The predicted octanol–water partition coefficient (Wildman–Crippen LogP) is 2.76. The Kier molecular flexibility index (Phi) is 8.30. The highest BCUT2D eigenvalue weighted by Crippen LogP contribution is 2.31. The Hall–Kier alpha value is -2.93. The highest BCUT2D eigenvalue weighted by atomic mass is 16.1. The highest BCUT2D eigenvalue weighted by molar-refractivity contribution is 5.93. The van der Waals surface area contributed by atoms with Crippen LogP contribution in [-0.4, -0.2) is 72.0 Å². The fraction of sp³-hybridized carbons (Fsp3) is 0.500. The van der Waals surface area contributed by atoms with Crippen LogP contribution in [0.5, 0.6) is 0 Å². The minimum absolute atomic E-state index is 0.107. The molecule has 3 heterocycles. The van der Waals surface area contributed by atoms with Crippen LogP contribution >= 0.6 is 0 Å². The Labute approximate surface area is 197 Å². The van der Waals surface area contributed by atoms with Crippen LogP contribution in [-0.2, 0) is 6.54 Å². The van der Waals surface area contributed by atoms with Crippen LogP contribution in [0, 0.1) is 5.92 Å². The number of nitrogens with one attached hydrogen (secondary N) is 2. The van der Waals surface area contributed by atoms with Crippen molar-refractivity contribution >= 4 is 11.9 Å². The van der Waals surface area contributed by atoms with Gasteiger partial charge in [-0.25, -0.2) is 0 Å². The average Bonchev–Trinajstić information content (AvgIpc) is 2.87. The molecular weight excluding hydrogens is 412 g/mol. The molecule has 33 heavy (non-hydrogen) atoms. The first kappa shape index (κ1) is 23.2. The third-order valence-electron chi connectivity index (χ3n) is 6.63. The number of benzene rings is 1. The molecule has 7 nitrogen and oxygen atoms in total. The molecule has 2 unspecified atom stereocenters. The first-order valence-corrected chi connectivity index (χ1v) is 12.2. The number of amides is 1. The summed E-state index contributed by atoms with van der Waals surface area (Å²) in [6, 6.07) is 15.0. The van der Waals surface area contributed by atoms with E-state index in [0.717, 1.165) is 32.1 Å². The number of likely N-dealkylation sites (tertiary alicyclic amines) is 2. The Morgan fingerprint density at radius 1 is 1.12 bits per heavy atom. The Morgan fingerprint density at radius 2 is 2.00 bits per heavy atom. The largest absolute Gasteiger partial charge is 0.357 e. The normalized spacial score (nSPS) is 21.4. The van der Waals surface area contributed by atoms with Gasteiger partial charge in [0.05, 0.1) is 12.1 Å². The number of guanidine groups is 1. The van der Waals surface area contributed by atoms with Gasteiger partial charge in [-0.3, -0.25) is 19.7 Å². The summed E-state index contributed by atoms with van der Waals surface area (Å²) in [4.78, 5) is 26.1. The van der Waals surface area contributed by atoms with Gasteiger partial charge in [0, 0.05) is 51.2 Å². The lowest BCUT2D eigenvalue weighted by atomic mass is 9.83. The van der Waals surface area contributed by atoms with Gasteiger partial charge in [-0.05, 0) is 56.3 Å². The molecule has 0 radical (unpaired) electrons. The molecule has 2 N–H and O–H groups in total. The number of piperidine rings is 2. The molecule has 2 aliphatic heterocycles. The molecule has 0 spiro atoms. The summed E-state index contributed by atoms with van der Waals surface area (Å²) in [5.74, 6) is 1.53. The van der Waals surface area contributed by atoms with E-state index >= 15 is 0 Å². The molecule has 0 aliphatic carbocycles. The van der Waals surface area contributed by atoms with E-state index in [1.807, 2.05) is 0 Å². The van der Waals surface area contributed by atoms with Crippen molar-refractivity contribution in [2.24, 2.45) is 10.9 Å². The van der Waals surface area contributed by atoms with Crippen LogP contribution in [0.2, 0.25) is 0 Å². The number of rotatable bonds is 7. The second-order valence-corrected chi connectivity index (χ2v) is 8.89. The van der Waals surface area contributed by atoms with E-state index in [4.69, 9.17) is 4.99 Å². The van der Waals surface area contributed by atoms with E-state index < -0.39 is 0 Å². The number of fused-ring (bicyclic) bond motifs is 1. The summed E-state index contributed by atoms with van der Waals surface area (Å²) in [7, 11) is 0. The maximum Gasteiger partial charge on any atom is 0.252 e. The molecule has 2 aliphatic rings. The zero-order valence-electron chi connectivity index (χ0n) is 19.6. The Bertz CT molecular complexity index is 904. The van der Waals surface area contributed by atoms with Crippen LogP contribution < -0.4 is 10.6 Å². The van der Waals surface area contributed by atoms with Gasteiger partial charge in [0.1, 0.15) is 0 Å². The summed E-state index contributed by atoms with van der Waals surface area (Å²) in [6.45, 7) is 8.31. The number of nitrogens with zero attached hydrogens (tertiary/aromatic N) is 4. The van der Waals surface area contributed by atoms with Crippen LogP contribution in [0.15, 0.2) is 59.9 Å². The molecule has 1 aromatic carbocycles. The topological polar surface area (TPSA) is 72.9 Å². The SMILES string of the molecule is CCNC(=NCCNC(=O)c1cccnc1)N1CCC2C(CCCN2Cc2ccccc2)C1. The second kappa shape index (κ2) is 11.8. The van der Waals surface area contributed by atoms with Gasteiger partial charge in [-0.1, -0.05) is 30.3 Å². The summed E-state index contributed by atoms with van der Waals surface area (Å²) < 4.78 is 0. The molecule has 1 amide bonds. The first-order valence-electron chi connectivity index (χ1n) is 12.2. The predicted molar refractivity (Wildman–Crippen MR) is 132 cm³/mol. The molecule has 7 heteroatoms. The highest BCUT2D eigenvalue weighted by Gasteiger charge is 2.36. The first-order chi connectivity index (χ1) is 16.2. The second-order valence-electron chi connectivity index (χ2n) is 8.89. The molecule has 2 fully saturated rings. The van der Waals surface area contributed by atoms with Gasteiger partial charge < -0.3 is 15.5 Å². The lowest BCUT2D eigenvalue weighted by molar-refractivity contribution is 0.0372. The number of hydrogen-bond acceptors (Lipinski definition) is 4. The van der Waals surface area contributed by atoms with E-state index in [0.29, 0.717) is 30.6 Å². The number of pyridine rings is 1. The van der Waals surface area contributed by atoms with Crippen LogP contribution in [0.25, 0.3) is 0 Å². The summed E-state index contributed by atoms with van der Waals surface area (Å²) >= 11 is 0. The number of carbonyl (C=O) groups is 1. The Balaban J connectivity index is 1.31. The van der Waals surface area contributed by atoms with E-state index in [9.17, 15) is 4.79 Å². The van der Waals surface area contributed by atoms with Crippen molar-refractivity contribution in [3.05, 3.63) is 66.0 Å². The van der Waals surface area contributed by atoms with Crippen molar-refractivity contribution < 1.29 is 4.79 Å². The van der Waals surface area contributed by atoms with Crippen LogP contribution in [0.4, 0.5) is 0 Å². The molecule has 2 atom stereocenters. The maximum absolute atomic E-state index is 12.2. The number of aromatic nitrogens is 1. The van der Waals surface area contributed by atoms with Crippen molar-refractivity contribution in [3.63, 3.8) is 0 Å². The molecule has 2 saturated heterocycles. The number of hydrogen-bond donors (Lipinski definition) is 2. The van der Waals surface area contributed by atoms with Crippen molar-refractivity contribution in [1.82, 2.24) is 25.4 Å². The molecule has 0 bridgehead atoms. The molecular formula is C26H36N6O. The zero-order chi connectivity index (χ0) is 22.9. The van der Waals surface area contributed by atoms with Gasteiger partial charge in [-0.2, -0.15) is 0 Å². The summed E-state index contributed by atoms with van der Waals surface area (Å²) in [5, 5.41) is 6.39. The zero-order valence-corrected chi connectivity index (χ0v) is 19.6. The van der Waals surface area contributed by atoms with Gasteiger partial charge in [0.2, 0.25) is 0 Å². The monoisotopic (exact) mass is 448 g/mol. The van der Waals surface area contributed by atoms with Crippen LogP contribution in [0.1, 0.15) is 42.1 Å². The Morgan fingerprint density at radius 3 is 2.79 bits per heavy atom. The van der Waals surface area contributed by atoms with E-state index in [2.05, 4.69) is 62.7 Å². The summed E-state index contributed by atoms with van der Waals surface area (Å²) in [5.41, 5.74) is 1.98. The number of carbonyl (C=O) groups excluding carboxylic acids is 1. The molecule has 2 aromatic rings. The third-order valence-corrected chi connectivity index (χ3v) is 6.63. The van der Waals surface area contributed by atoms with E-state index in [1.54, 1.807) is 24.5 Å². The maximum atomic E-state index is 12.2. The minimum atomic E-state index is -0.107.